The monoisotopic (exact) mass is 1970 g/mol. The van der Waals surface area contributed by atoms with E-state index in [1.165, 1.54) is 44.0 Å². The number of carbonyl (C=O) groups excluding carboxylic acids is 2. The number of carbonyl (C=O) groups is 2. The number of nitrogens with one attached hydrogen (secondary N) is 3. The van der Waals surface area contributed by atoms with Crippen LogP contribution in [-0.4, -0.2) is 102 Å². The molecule has 0 aliphatic carbocycles. The first kappa shape index (κ1) is 106. The number of hydrogen-bond acceptors (Lipinski definition) is 17. The van der Waals surface area contributed by atoms with E-state index in [0.29, 0.717) is 129 Å². The van der Waals surface area contributed by atoms with Gasteiger partial charge >= 0.3 is 66.9 Å². The van der Waals surface area contributed by atoms with E-state index >= 15 is 0 Å². The number of nitrogens with two attached hydrogens (primary N) is 1. The van der Waals surface area contributed by atoms with Crippen molar-refractivity contribution in [3.63, 3.8) is 0 Å². The second-order valence-corrected chi connectivity index (χ2v) is 34.3. The van der Waals surface area contributed by atoms with E-state index < -0.39 is 99.8 Å². The molecule has 20 nitrogen and oxygen atoms in total. The molecule has 135 heavy (non-hydrogen) atoms. The molecule has 0 radical (unpaired) electrons. The van der Waals surface area contributed by atoms with Gasteiger partial charge in [0, 0.05) is 44.7 Å². The average molecular weight is 1970 g/mol. The number of aliphatic hydroxyl groups is 1. The van der Waals surface area contributed by atoms with Gasteiger partial charge in [-0.05, 0) is 229 Å². The molecule has 0 spiro atoms. The van der Waals surface area contributed by atoms with Crippen molar-refractivity contribution < 1.29 is 140 Å². The van der Waals surface area contributed by atoms with E-state index in [0.717, 1.165) is 70.3 Å². The van der Waals surface area contributed by atoms with Crippen molar-refractivity contribution in [2.75, 3.05) is 55.8 Å². The van der Waals surface area contributed by atoms with Gasteiger partial charge in [-0.15, -0.1) is 0 Å². The zero-order valence-corrected chi connectivity index (χ0v) is 79.5. The SMILES string of the molecule is COc1cccc2c1-c1ccc(N)c(C)c1C(c1cccc(C(F)(F)F)c1)O2.COc1cccc2c1-c1ccc(NC(=O)OC(C)(C)C)c(C)c1C(O)(c1cccc(C(F)(F)F)c1)O2.COc1cccc2c1-c1ccc(NS(C)(=O)=O)c(C)c1C(c1cccc(C(F)(F)F)c1)O2.COc1cccc2oc(=O)c3c(C)c(NC(=O)OC(C)(C)C)ccc3c12.Cc1c[c-]ccc1.FB(F)F.[Br-].[Mg+2]. The van der Waals surface area contributed by atoms with Crippen LogP contribution in [0.3, 0.4) is 0 Å². The van der Waals surface area contributed by atoms with E-state index in [2.05, 4.69) is 34.4 Å². The number of hydrogen-bond donors (Lipinski definition) is 5. The number of fused-ring (bicyclic) bond motifs is 12. The van der Waals surface area contributed by atoms with Gasteiger partial charge in [-0.3, -0.25) is 28.3 Å². The van der Waals surface area contributed by atoms with Crippen molar-refractivity contribution in [1.82, 2.24) is 0 Å². The topological polar surface area (TPSA) is 264 Å². The number of aryl methyl sites for hydroxylation is 2. The summed E-state index contributed by atoms with van der Waals surface area (Å²) in [4.78, 5) is 37.0. The number of anilines is 4. The maximum absolute atomic E-state index is 13.5. The molecule has 0 fully saturated rings. The second-order valence-electron chi connectivity index (χ2n) is 32.5. The number of benzene rings is 12. The van der Waals surface area contributed by atoms with Crippen molar-refractivity contribution in [2.45, 2.75) is 124 Å². The van der Waals surface area contributed by atoms with Crippen molar-refractivity contribution in [3.8, 4) is 73.6 Å². The normalized spacial score (nSPS) is 14.2. The summed E-state index contributed by atoms with van der Waals surface area (Å²) in [5.41, 5.74) is 13.6. The first-order chi connectivity index (χ1) is 62.4. The summed E-state index contributed by atoms with van der Waals surface area (Å²) in [7, 11) is -1.11. The first-order valence-corrected chi connectivity index (χ1v) is 42.6. The Kier molecular flexibility index (Phi) is 33.6. The minimum atomic E-state index is -4.62. The molecule has 3 unspecified atom stereocenters. The van der Waals surface area contributed by atoms with Crippen LogP contribution in [0.25, 0.3) is 55.1 Å². The number of rotatable bonds is 11. The molecule has 0 saturated heterocycles. The fourth-order valence-corrected chi connectivity index (χ4v) is 15.9. The zero-order valence-electron chi connectivity index (χ0n) is 75.7. The number of sulfonamides is 1. The molecule has 3 aliphatic rings. The molecule has 3 atom stereocenters. The molecule has 16 rings (SSSR count). The molecule has 1 aromatic heterocycles. The van der Waals surface area contributed by atoms with E-state index in [1.54, 1.807) is 192 Å². The fourth-order valence-electron chi connectivity index (χ4n) is 15.2. The Labute approximate surface area is 797 Å². The van der Waals surface area contributed by atoms with Crippen LogP contribution >= 0.6 is 0 Å². The van der Waals surface area contributed by atoms with Crippen LogP contribution in [0.2, 0.25) is 0 Å². The number of amides is 2. The van der Waals surface area contributed by atoms with E-state index in [9.17, 15) is 80.4 Å². The van der Waals surface area contributed by atoms with Gasteiger partial charge in [0.1, 0.15) is 69.2 Å². The zero-order chi connectivity index (χ0) is 97.5. The third-order valence-corrected chi connectivity index (χ3v) is 21.6. The van der Waals surface area contributed by atoms with Gasteiger partial charge in [0.15, 0.2) is 0 Å². The molecule has 6 N–H and O–H groups in total. The molecule has 4 heterocycles. The van der Waals surface area contributed by atoms with Gasteiger partial charge in [0.05, 0.1) is 84.5 Å². The van der Waals surface area contributed by atoms with Gasteiger partial charge in [-0.2, -0.15) is 75.4 Å². The summed E-state index contributed by atoms with van der Waals surface area (Å²) >= 11 is 0. The molecule has 0 bridgehead atoms. The van der Waals surface area contributed by atoms with Gasteiger partial charge in [0.25, 0.3) is 5.79 Å². The molecule has 0 saturated carbocycles. The van der Waals surface area contributed by atoms with Crippen LogP contribution < -0.4 is 76.9 Å². The molecular weight excluding hydrogens is 1880 g/mol. The van der Waals surface area contributed by atoms with Crippen LogP contribution in [0.5, 0.6) is 40.2 Å². The minimum absolute atomic E-state index is 0. The van der Waals surface area contributed by atoms with Crippen molar-refractivity contribution in [1.29, 1.82) is 0 Å². The number of ether oxygens (including phenoxy) is 9. The summed E-state index contributed by atoms with van der Waals surface area (Å²) in [5.74, 6) is 1.18. The minimum Gasteiger partial charge on any atom is -1.00 e. The van der Waals surface area contributed by atoms with Gasteiger partial charge in [-0.1, -0.05) is 91.9 Å². The third-order valence-electron chi connectivity index (χ3n) is 21.0. The summed E-state index contributed by atoms with van der Waals surface area (Å²) in [6.07, 6.45) is -15.4. The Morgan fingerprint density at radius 2 is 0.911 bits per heavy atom. The Bertz CT molecular complexity index is 6700. The molecular formula is C99H92BBrF12MgN4O16S. The van der Waals surface area contributed by atoms with Gasteiger partial charge < -0.3 is 74.9 Å². The summed E-state index contributed by atoms with van der Waals surface area (Å²) in [6.45, 7) is 19.5. The van der Waals surface area contributed by atoms with Gasteiger partial charge in [0.2, 0.25) is 10.0 Å². The quantitative estimate of drug-likeness (QED) is 0.0201. The van der Waals surface area contributed by atoms with Crippen molar-refractivity contribution in [2.24, 2.45) is 0 Å². The van der Waals surface area contributed by atoms with Crippen LogP contribution in [0.1, 0.15) is 132 Å². The summed E-state index contributed by atoms with van der Waals surface area (Å²) in [5, 5.41) is 19.1. The number of alkyl halides is 9. The average Bonchev–Trinajstić information content (AvgIpc) is 0.724. The van der Waals surface area contributed by atoms with E-state index in [4.69, 9.17) is 52.8 Å². The standard InChI is InChI=1S/C27H26F3NO5.C23H20F3NO4S.C22H18F3NO2.C20H21NO5.C7H7.BF3.BrH.Mg/c1-15-19(31-24(32)36-25(2,3)4)13-12-18-22-20(34-5)10-7-11-21(22)35-26(33,23(15)18)16-8-6-9-17(14-16)27(28,29)30;1-13-17(27-32(3,28)29)11-10-16-20(13)22(14-6-4-7-15(12-14)23(24,25)26)31-19-9-5-8-18(30-2)21(16)19;1-12-16(26)10-9-15-19(12)21(13-5-3-6-14(11-13)22(23,24)25)28-18-8-4-7-17(27-2)20(15)18;1-11-13(21-19(23)26-20(2,3)4)10-9-12-16(11)18(22)25-15-8-6-7-14(24-5)17(12)15;1-7-5-3-2-4-6-7;2-1(3)4;;/h6-14,33H,1-5H3,(H,31,32);4-12,22,27H,1-3H3;3-11,21H,26H2,1-2H3;6-10H,1-5H3,(H,21,23);2-3,5-6H,1H3;;1H;/q;;;;-1;;;+2/p-1. The Balaban J connectivity index is 0.000000194. The predicted molar refractivity (Wildman–Crippen MR) is 491 cm³/mol. The molecule has 12 aromatic carbocycles. The van der Waals surface area contributed by atoms with Crippen molar-refractivity contribution >= 4 is 97.3 Å². The van der Waals surface area contributed by atoms with Crippen molar-refractivity contribution in [3.05, 3.63) is 313 Å². The fraction of sp³-hybridized carbons (Fsp3) is 0.242. The largest absolute Gasteiger partial charge is 2.00 e. The third kappa shape index (κ3) is 24.9. The predicted octanol–water partition coefficient (Wildman–Crippen LogP) is 21.8. The Morgan fingerprint density at radius 3 is 1.36 bits per heavy atom. The molecule has 2 amide bonds. The molecule has 36 heteroatoms. The summed E-state index contributed by atoms with van der Waals surface area (Å²) in [6, 6.07) is 60.0. The molecule has 706 valence electrons. The second kappa shape index (κ2) is 42.9. The Hall–Kier alpha value is -12.8. The number of nitrogen functional groups attached to an aromatic ring is 1. The number of halogens is 13. The van der Waals surface area contributed by atoms with Crippen LogP contribution in [0.4, 0.5) is 84.8 Å². The molecule has 3 aliphatic heterocycles. The maximum Gasteiger partial charge on any atom is 2.00 e. The maximum atomic E-state index is 13.5. The number of methoxy groups -OCH3 is 4. The molecule has 13 aromatic rings. The van der Waals surface area contributed by atoms with E-state index in [1.807, 2.05) is 43.3 Å². The van der Waals surface area contributed by atoms with Gasteiger partial charge in [-0.25, -0.2) is 22.8 Å². The first-order valence-electron chi connectivity index (χ1n) is 40.7. The van der Waals surface area contributed by atoms with Crippen LogP contribution in [0.15, 0.2) is 228 Å². The van der Waals surface area contributed by atoms with Crippen LogP contribution in [0, 0.1) is 40.7 Å². The smallest absolute Gasteiger partial charge is 1.00 e. The summed E-state index contributed by atoms with van der Waals surface area (Å²) < 4.78 is 232. The Morgan fingerprint density at radius 1 is 0.496 bits per heavy atom. The van der Waals surface area contributed by atoms with E-state index in [-0.39, 0.29) is 56.9 Å². The van der Waals surface area contributed by atoms with Crippen LogP contribution in [-0.2, 0) is 43.8 Å².